The number of rotatable bonds is 7. The van der Waals surface area contributed by atoms with E-state index in [4.69, 9.17) is 0 Å². The van der Waals surface area contributed by atoms with Crippen LogP contribution in [0.5, 0.6) is 0 Å². The molecule has 4 bridgehead atoms. The fourth-order valence-electron chi connectivity index (χ4n) is 7.20. The number of hydrogen-bond donors (Lipinski definition) is 1. The Morgan fingerprint density at radius 1 is 0.964 bits per heavy atom. The first-order valence-corrected chi connectivity index (χ1v) is 11.5. The topological polar surface area (TPSA) is 12.0 Å². The molecule has 1 heteroatoms. The Labute approximate surface area is 172 Å². The van der Waals surface area contributed by atoms with E-state index in [2.05, 4.69) is 84.1 Å². The maximum Gasteiger partial charge on any atom is 0.0442 e. The molecule has 0 saturated heterocycles. The summed E-state index contributed by atoms with van der Waals surface area (Å²) in [6.07, 6.45) is 7.85. The molecule has 0 radical (unpaired) electrons. The molecule has 4 atom stereocenters. The van der Waals surface area contributed by atoms with Crippen LogP contribution in [-0.2, 0) is 5.41 Å². The predicted molar refractivity (Wildman–Crippen MR) is 122 cm³/mol. The molecule has 3 unspecified atom stereocenters. The van der Waals surface area contributed by atoms with Crippen molar-refractivity contribution in [1.29, 1.82) is 0 Å². The Hall–Kier alpha value is -1.50. The van der Waals surface area contributed by atoms with Crippen LogP contribution in [0.1, 0.15) is 79.7 Å². The van der Waals surface area contributed by atoms with E-state index in [1.807, 2.05) is 0 Å². The smallest absolute Gasteiger partial charge is 0.0442 e. The maximum atomic E-state index is 3.62. The van der Waals surface area contributed by atoms with Gasteiger partial charge in [-0.3, -0.25) is 0 Å². The third kappa shape index (κ3) is 2.14. The Kier molecular flexibility index (Phi) is 4.60. The van der Waals surface area contributed by atoms with Gasteiger partial charge < -0.3 is 5.32 Å². The van der Waals surface area contributed by atoms with Crippen LogP contribution in [-0.4, -0.2) is 6.54 Å². The van der Waals surface area contributed by atoms with Crippen LogP contribution in [0, 0.1) is 22.7 Å². The van der Waals surface area contributed by atoms with Gasteiger partial charge in [-0.15, -0.1) is 0 Å². The molecule has 5 rings (SSSR count). The summed E-state index contributed by atoms with van der Waals surface area (Å²) in [7, 11) is 0. The van der Waals surface area contributed by atoms with Crippen molar-refractivity contribution in [3.8, 4) is 0 Å². The van der Waals surface area contributed by atoms with Crippen molar-refractivity contribution < 1.29 is 0 Å². The number of unbranched alkanes of at least 4 members (excludes halogenated alkanes) is 3. The Morgan fingerprint density at radius 2 is 1.64 bits per heavy atom. The molecule has 28 heavy (non-hydrogen) atoms. The van der Waals surface area contributed by atoms with Gasteiger partial charge in [0.15, 0.2) is 0 Å². The third-order valence-electron chi connectivity index (χ3n) is 8.99. The van der Waals surface area contributed by atoms with Crippen LogP contribution in [0.25, 0.3) is 0 Å². The second kappa shape index (κ2) is 6.51. The number of anilines is 1. The molecule has 4 aliphatic carbocycles. The van der Waals surface area contributed by atoms with E-state index in [1.54, 1.807) is 16.7 Å². The normalized spacial score (nSPS) is 34.9. The lowest BCUT2D eigenvalue weighted by Crippen LogP contribution is -2.63. The van der Waals surface area contributed by atoms with Crippen LogP contribution in [0.15, 0.2) is 47.1 Å². The maximum absolute atomic E-state index is 3.62. The zero-order valence-electron chi connectivity index (χ0n) is 19.1. The zero-order chi connectivity index (χ0) is 20.3. The fraction of sp³-hybridized carbons (Fsp3) is 0.630. The van der Waals surface area contributed by atoms with Crippen LogP contribution in [0.2, 0.25) is 0 Å². The Morgan fingerprint density at radius 3 is 2.29 bits per heavy atom. The molecule has 1 saturated carbocycles. The Bertz CT molecular complexity index is 824. The highest BCUT2D eigenvalue weighted by Crippen LogP contribution is 2.84. The van der Waals surface area contributed by atoms with Crippen molar-refractivity contribution >= 4 is 5.69 Å². The van der Waals surface area contributed by atoms with Crippen molar-refractivity contribution in [2.24, 2.45) is 22.7 Å². The second-order valence-electron chi connectivity index (χ2n) is 10.3. The van der Waals surface area contributed by atoms with Gasteiger partial charge >= 0.3 is 0 Å². The molecule has 1 aromatic carbocycles. The van der Waals surface area contributed by atoms with E-state index in [9.17, 15) is 0 Å². The first kappa shape index (κ1) is 19.8. The zero-order valence-corrected chi connectivity index (χ0v) is 19.1. The molecule has 4 aliphatic rings. The summed E-state index contributed by atoms with van der Waals surface area (Å²) in [6, 6.07) is 9.42. The Balaban J connectivity index is 1.64. The van der Waals surface area contributed by atoms with Crippen LogP contribution in [0.3, 0.4) is 0 Å². The number of benzene rings is 1. The summed E-state index contributed by atoms with van der Waals surface area (Å²) in [5.74, 6) is 1.30. The van der Waals surface area contributed by atoms with Crippen molar-refractivity contribution in [2.75, 3.05) is 11.9 Å². The molecular formula is C27H39N. The van der Waals surface area contributed by atoms with Gasteiger partial charge in [0.05, 0.1) is 0 Å². The van der Waals surface area contributed by atoms with Crippen LogP contribution >= 0.6 is 0 Å². The summed E-state index contributed by atoms with van der Waals surface area (Å²) in [4.78, 5) is 0. The molecule has 0 aromatic heterocycles. The van der Waals surface area contributed by atoms with Crippen LogP contribution < -0.4 is 5.32 Å². The van der Waals surface area contributed by atoms with Crippen molar-refractivity contribution in [3.05, 3.63) is 52.6 Å². The molecule has 1 fully saturated rings. The summed E-state index contributed by atoms with van der Waals surface area (Å²) in [5.41, 5.74) is 8.42. The molecule has 0 amide bonds. The van der Waals surface area contributed by atoms with Crippen molar-refractivity contribution in [3.63, 3.8) is 0 Å². The minimum Gasteiger partial charge on any atom is -0.385 e. The fourth-order valence-corrected chi connectivity index (χ4v) is 7.20. The second-order valence-corrected chi connectivity index (χ2v) is 10.3. The molecular weight excluding hydrogens is 338 g/mol. The van der Waals surface area contributed by atoms with Gasteiger partial charge in [0.2, 0.25) is 0 Å². The van der Waals surface area contributed by atoms with Gasteiger partial charge in [-0.2, -0.15) is 0 Å². The van der Waals surface area contributed by atoms with Gasteiger partial charge in [0.25, 0.3) is 0 Å². The van der Waals surface area contributed by atoms with Gasteiger partial charge in [-0.25, -0.2) is 0 Å². The monoisotopic (exact) mass is 377 g/mol. The summed E-state index contributed by atoms with van der Waals surface area (Å²) >= 11 is 0. The number of allylic oxidation sites excluding steroid dienone is 4. The standard InChI is InChI=1S/C27H39N/c1-8-9-10-11-16-28-22-14-12-21(13-15-22)27-20(4)24-19(3)18(2)17-23(27)26(24,7)25(27,5)6/h12-15,17-19,28H,8-11,16H2,1-7H3/t18?,19-,26?,27?/m0/s1. The third-order valence-corrected chi connectivity index (χ3v) is 8.99. The average molecular weight is 378 g/mol. The van der Waals surface area contributed by atoms with Gasteiger partial charge in [-0.05, 0) is 53.9 Å². The predicted octanol–water partition coefficient (Wildman–Crippen LogP) is 7.51. The summed E-state index contributed by atoms with van der Waals surface area (Å²) in [5, 5.41) is 3.62. The SMILES string of the molecule is CCCCCCNc1ccc(C23C4=CC(C)[C@H](C)C(=C2C)C4(C)C3(C)C)cc1. The molecule has 152 valence electrons. The highest BCUT2D eigenvalue weighted by Gasteiger charge is 2.79. The summed E-state index contributed by atoms with van der Waals surface area (Å²) < 4.78 is 0. The molecule has 0 aliphatic heterocycles. The van der Waals surface area contributed by atoms with E-state index >= 15 is 0 Å². The largest absolute Gasteiger partial charge is 0.385 e. The number of hydrogen-bond acceptors (Lipinski definition) is 1. The quantitative estimate of drug-likeness (QED) is 0.383. The summed E-state index contributed by atoms with van der Waals surface area (Å²) in [6.45, 7) is 18.1. The van der Waals surface area contributed by atoms with Crippen molar-refractivity contribution in [1.82, 2.24) is 0 Å². The lowest BCUT2D eigenvalue weighted by atomic mass is 9.35. The average Bonchev–Trinajstić information content (AvgIpc) is 2.91. The van der Waals surface area contributed by atoms with E-state index < -0.39 is 0 Å². The molecule has 0 heterocycles. The van der Waals surface area contributed by atoms with Crippen molar-refractivity contribution in [2.45, 2.75) is 79.6 Å². The highest BCUT2D eigenvalue weighted by molar-refractivity contribution is 5.73. The van der Waals surface area contributed by atoms with E-state index in [-0.39, 0.29) is 16.2 Å². The minimum absolute atomic E-state index is 0.107. The lowest BCUT2D eigenvalue weighted by Gasteiger charge is -2.67. The molecule has 1 nitrogen and oxygen atoms in total. The molecule has 0 spiro atoms. The first-order valence-electron chi connectivity index (χ1n) is 11.5. The van der Waals surface area contributed by atoms with E-state index in [1.165, 1.54) is 36.9 Å². The van der Waals surface area contributed by atoms with E-state index in [0.717, 1.165) is 6.54 Å². The minimum atomic E-state index is 0.107. The lowest BCUT2D eigenvalue weighted by molar-refractivity contribution is 0.0102. The van der Waals surface area contributed by atoms with Gasteiger partial charge in [0, 0.05) is 23.1 Å². The highest BCUT2D eigenvalue weighted by atomic mass is 14.9. The number of nitrogens with one attached hydrogen (secondary N) is 1. The van der Waals surface area contributed by atoms with E-state index in [0.29, 0.717) is 11.8 Å². The van der Waals surface area contributed by atoms with Gasteiger partial charge in [-0.1, -0.05) is 90.2 Å². The molecule has 1 aromatic rings. The van der Waals surface area contributed by atoms with Crippen LogP contribution in [0.4, 0.5) is 5.69 Å². The first-order chi connectivity index (χ1) is 13.2. The molecule has 1 N–H and O–H groups in total. The van der Waals surface area contributed by atoms with Gasteiger partial charge in [0.1, 0.15) is 0 Å².